The molecule has 7 heteroatoms. The minimum Gasteiger partial charge on any atom is -0.481 e. The van der Waals surface area contributed by atoms with Gasteiger partial charge in [0.25, 0.3) is 0 Å². The lowest BCUT2D eigenvalue weighted by molar-refractivity contribution is -0.141. The molecule has 5 nitrogen and oxygen atoms in total. The Hall–Kier alpha value is -1.47. The van der Waals surface area contributed by atoms with E-state index in [1.807, 2.05) is 0 Å². The number of carbonyl (C=O) groups is 1. The van der Waals surface area contributed by atoms with Gasteiger partial charge in [-0.15, -0.1) is 0 Å². The zero-order chi connectivity index (χ0) is 15.5. The molecule has 1 aromatic carbocycles. The Kier molecular flexibility index (Phi) is 5.24. The molecule has 0 fully saturated rings. The molecule has 0 aromatic heterocycles. The van der Waals surface area contributed by atoms with Gasteiger partial charge in [-0.3, -0.25) is 4.79 Å². The van der Waals surface area contributed by atoms with Gasteiger partial charge in [-0.25, -0.2) is 17.1 Å². The number of benzene rings is 1. The van der Waals surface area contributed by atoms with Crippen LogP contribution in [0.5, 0.6) is 0 Å². The van der Waals surface area contributed by atoms with Crippen LogP contribution in [0.25, 0.3) is 0 Å². The van der Waals surface area contributed by atoms with Gasteiger partial charge in [0.1, 0.15) is 5.82 Å². The number of hydrogen-bond acceptors (Lipinski definition) is 3. The van der Waals surface area contributed by atoms with Gasteiger partial charge in [-0.05, 0) is 24.1 Å². The monoisotopic (exact) mass is 303 g/mol. The summed E-state index contributed by atoms with van der Waals surface area (Å²) in [5.41, 5.74) is 0.780. The van der Waals surface area contributed by atoms with Crippen molar-refractivity contribution in [2.45, 2.75) is 19.6 Å². The molecule has 112 valence electrons. The largest absolute Gasteiger partial charge is 0.481 e. The van der Waals surface area contributed by atoms with Crippen molar-refractivity contribution in [1.29, 1.82) is 0 Å². The van der Waals surface area contributed by atoms with Crippen LogP contribution in [0.4, 0.5) is 4.39 Å². The molecule has 0 aliphatic carbocycles. The van der Waals surface area contributed by atoms with Crippen LogP contribution in [-0.4, -0.2) is 37.4 Å². The molecule has 1 rings (SSSR count). The second kappa shape index (κ2) is 6.32. The van der Waals surface area contributed by atoms with Crippen molar-refractivity contribution < 1.29 is 22.7 Å². The summed E-state index contributed by atoms with van der Waals surface area (Å²) in [6.07, 6.45) is 0. The Labute approximate surface area is 118 Å². The third kappa shape index (κ3) is 4.28. The number of aryl methyl sites for hydroxylation is 1. The minimum absolute atomic E-state index is 0.119. The number of aliphatic carboxylic acids is 1. The normalized spacial score (nSPS) is 13.4. The number of carboxylic acid groups (broad SMARTS) is 1. The van der Waals surface area contributed by atoms with E-state index in [2.05, 4.69) is 0 Å². The van der Waals surface area contributed by atoms with Crippen LogP contribution < -0.4 is 0 Å². The molecule has 0 aliphatic rings. The third-order valence-electron chi connectivity index (χ3n) is 3.01. The zero-order valence-corrected chi connectivity index (χ0v) is 12.4. The van der Waals surface area contributed by atoms with Gasteiger partial charge in [0.15, 0.2) is 0 Å². The van der Waals surface area contributed by atoms with Crippen molar-refractivity contribution >= 4 is 16.0 Å². The van der Waals surface area contributed by atoms with Gasteiger partial charge >= 0.3 is 5.97 Å². The molecule has 1 aromatic rings. The summed E-state index contributed by atoms with van der Waals surface area (Å²) in [5, 5.41) is 8.78. The first-order valence-corrected chi connectivity index (χ1v) is 7.66. The van der Waals surface area contributed by atoms with Crippen molar-refractivity contribution in [3.63, 3.8) is 0 Å². The minimum atomic E-state index is -3.67. The Morgan fingerprint density at radius 1 is 1.45 bits per heavy atom. The fourth-order valence-corrected chi connectivity index (χ4v) is 2.90. The van der Waals surface area contributed by atoms with Crippen LogP contribution in [-0.2, 0) is 20.6 Å². The molecule has 0 saturated carbocycles. The number of nitrogens with zero attached hydrogens (tertiary/aromatic N) is 1. The van der Waals surface area contributed by atoms with Crippen LogP contribution >= 0.6 is 0 Å². The average Bonchev–Trinajstić information content (AvgIpc) is 2.33. The number of rotatable bonds is 6. The molecule has 0 amide bonds. The highest BCUT2D eigenvalue weighted by Crippen LogP contribution is 2.14. The van der Waals surface area contributed by atoms with E-state index < -0.39 is 27.7 Å². The van der Waals surface area contributed by atoms with E-state index in [1.165, 1.54) is 26.1 Å². The lowest BCUT2D eigenvalue weighted by Gasteiger charge is -2.19. The topological polar surface area (TPSA) is 74.7 Å². The number of sulfonamides is 1. The van der Waals surface area contributed by atoms with Crippen molar-refractivity contribution in [1.82, 2.24) is 4.31 Å². The molecular formula is C13H18FNO4S. The smallest absolute Gasteiger partial charge is 0.307 e. The maximum atomic E-state index is 13.4. The predicted octanol–water partition coefficient (Wildman–Crippen LogP) is 1.62. The second-order valence-corrected chi connectivity index (χ2v) is 6.94. The highest BCUT2D eigenvalue weighted by atomic mass is 32.2. The summed E-state index contributed by atoms with van der Waals surface area (Å²) in [6, 6.07) is 4.24. The number of halogens is 1. The first kappa shape index (κ1) is 16.6. The Balaban J connectivity index is 2.83. The lowest BCUT2D eigenvalue weighted by Crippen LogP contribution is -2.34. The zero-order valence-electron chi connectivity index (χ0n) is 11.6. The molecule has 20 heavy (non-hydrogen) atoms. The maximum Gasteiger partial charge on any atom is 0.307 e. The fourth-order valence-electron chi connectivity index (χ4n) is 1.62. The lowest BCUT2D eigenvalue weighted by atomic mass is 10.2. The summed E-state index contributed by atoms with van der Waals surface area (Å²) < 4.78 is 38.5. The Bertz CT molecular complexity index is 600. The number of carboxylic acids is 1. The highest BCUT2D eigenvalue weighted by molar-refractivity contribution is 7.88. The van der Waals surface area contributed by atoms with Crippen LogP contribution in [0.3, 0.4) is 0 Å². The first-order chi connectivity index (χ1) is 9.13. The van der Waals surface area contributed by atoms with E-state index in [4.69, 9.17) is 5.11 Å². The standard InChI is InChI=1S/C13H18FNO4S/c1-9-4-5-11(6-12(9)14)8-20(18,19)15(3)7-10(2)13(16)17/h4-6,10H,7-8H2,1-3H3,(H,16,17). The van der Waals surface area contributed by atoms with Crippen molar-refractivity contribution in [2.24, 2.45) is 5.92 Å². The van der Waals surface area contributed by atoms with E-state index in [0.29, 0.717) is 11.1 Å². The molecule has 1 N–H and O–H groups in total. The van der Waals surface area contributed by atoms with E-state index in [9.17, 15) is 17.6 Å². The maximum absolute atomic E-state index is 13.4. The van der Waals surface area contributed by atoms with Gasteiger partial charge in [-0.2, -0.15) is 0 Å². The van der Waals surface area contributed by atoms with Crippen molar-refractivity contribution in [3.8, 4) is 0 Å². The van der Waals surface area contributed by atoms with Gasteiger partial charge in [0.2, 0.25) is 10.0 Å². The second-order valence-electron chi connectivity index (χ2n) is 4.86. The first-order valence-electron chi connectivity index (χ1n) is 6.05. The van der Waals surface area contributed by atoms with Crippen LogP contribution in [0, 0.1) is 18.7 Å². The van der Waals surface area contributed by atoms with E-state index in [0.717, 1.165) is 4.31 Å². The molecule has 0 heterocycles. The molecule has 0 bridgehead atoms. The van der Waals surface area contributed by atoms with E-state index in [1.54, 1.807) is 13.0 Å². The number of hydrogen-bond donors (Lipinski definition) is 1. The molecule has 1 atom stereocenters. The Morgan fingerprint density at radius 3 is 2.55 bits per heavy atom. The Morgan fingerprint density at radius 2 is 2.05 bits per heavy atom. The van der Waals surface area contributed by atoms with Crippen molar-refractivity contribution in [3.05, 3.63) is 35.1 Å². The fraction of sp³-hybridized carbons (Fsp3) is 0.462. The molecule has 0 spiro atoms. The van der Waals surface area contributed by atoms with Crippen LogP contribution in [0.2, 0.25) is 0 Å². The summed E-state index contributed by atoms with van der Waals surface area (Å²) >= 11 is 0. The molecule has 0 radical (unpaired) electrons. The molecule has 0 saturated heterocycles. The average molecular weight is 303 g/mol. The summed E-state index contributed by atoms with van der Waals surface area (Å²) in [5.74, 6) is -2.68. The summed E-state index contributed by atoms with van der Waals surface area (Å²) in [4.78, 5) is 10.7. The van der Waals surface area contributed by atoms with Gasteiger partial charge < -0.3 is 5.11 Å². The SMILES string of the molecule is Cc1ccc(CS(=O)(=O)N(C)CC(C)C(=O)O)cc1F. The predicted molar refractivity (Wildman–Crippen MR) is 73.2 cm³/mol. The molecular weight excluding hydrogens is 285 g/mol. The summed E-state index contributed by atoms with van der Waals surface area (Å²) in [6.45, 7) is 2.90. The third-order valence-corrected chi connectivity index (χ3v) is 4.81. The van der Waals surface area contributed by atoms with Gasteiger partial charge in [-0.1, -0.05) is 19.1 Å². The van der Waals surface area contributed by atoms with Crippen LogP contribution in [0.1, 0.15) is 18.1 Å². The highest BCUT2D eigenvalue weighted by Gasteiger charge is 2.23. The van der Waals surface area contributed by atoms with Crippen LogP contribution in [0.15, 0.2) is 18.2 Å². The van der Waals surface area contributed by atoms with Crippen molar-refractivity contribution in [2.75, 3.05) is 13.6 Å². The van der Waals surface area contributed by atoms with E-state index in [-0.39, 0.29) is 12.3 Å². The van der Waals surface area contributed by atoms with Gasteiger partial charge in [0.05, 0.1) is 11.7 Å². The molecule has 1 unspecified atom stereocenters. The molecule has 0 aliphatic heterocycles. The van der Waals surface area contributed by atoms with Gasteiger partial charge in [0, 0.05) is 13.6 Å². The quantitative estimate of drug-likeness (QED) is 0.866. The summed E-state index contributed by atoms with van der Waals surface area (Å²) in [7, 11) is -2.35. The van der Waals surface area contributed by atoms with E-state index >= 15 is 0 Å².